The van der Waals surface area contributed by atoms with Gasteiger partial charge in [-0.1, -0.05) is 42.5 Å². The monoisotopic (exact) mass is 396 g/mol. The lowest BCUT2D eigenvalue weighted by molar-refractivity contribution is -0.0871. The molecule has 0 aliphatic carbocycles. The van der Waals surface area contributed by atoms with E-state index in [1.807, 2.05) is 47.4 Å². The molecule has 0 saturated carbocycles. The molecule has 1 amide bonds. The molecular weight excluding hydrogens is 368 g/mol. The number of hydrogen-bond acceptors (Lipinski definition) is 5. The third-order valence-electron chi connectivity index (χ3n) is 5.96. The summed E-state index contributed by atoms with van der Waals surface area (Å²) in [4.78, 5) is 17.1. The summed E-state index contributed by atoms with van der Waals surface area (Å²) >= 11 is 0. The van der Waals surface area contributed by atoms with Crippen molar-refractivity contribution in [2.75, 3.05) is 32.8 Å². The highest BCUT2D eigenvalue weighted by Crippen LogP contribution is 2.33. The second-order valence-corrected chi connectivity index (χ2v) is 7.91. The molecule has 4 rings (SSSR count). The van der Waals surface area contributed by atoms with Crippen molar-refractivity contribution in [3.63, 3.8) is 0 Å². The zero-order valence-corrected chi connectivity index (χ0v) is 16.6. The number of piperidine rings is 1. The summed E-state index contributed by atoms with van der Waals surface area (Å²) in [7, 11) is 0. The number of nitrogens with zero attached hydrogens (tertiary/aromatic N) is 2. The van der Waals surface area contributed by atoms with Gasteiger partial charge in [-0.05, 0) is 36.1 Å². The van der Waals surface area contributed by atoms with Gasteiger partial charge in [0.1, 0.15) is 12.4 Å². The predicted molar refractivity (Wildman–Crippen MR) is 110 cm³/mol. The molecule has 2 aromatic rings. The highest BCUT2D eigenvalue weighted by Gasteiger charge is 2.45. The van der Waals surface area contributed by atoms with E-state index in [2.05, 4.69) is 4.90 Å². The standard InChI is InChI=1S/C23H28N2O4/c26-21-8-6-19(7-9-21)16-24-12-10-23(11-13-24)18-28-15-14-25(23)22(27)29-17-20-4-2-1-3-5-20/h1-9,26H,10-18H2. The molecule has 2 aliphatic rings. The number of benzene rings is 2. The average molecular weight is 396 g/mol. The number of carbonyl (C=O) groups excluding carboxylic acids is 1. The van der Waals surface area contributed by atoms with Crippen molar-refractivity contribution < 1.29 is 19.4 Å². The molecule has 0 bridgehead atoms. The van der Waals surface area contributed by atoms with Crippen LogP contribution in [0.4, 0.5) is 4.79 Å². The van der Waals surface area contributed by atoms with E-state index in [0.29, 0.717) is 26.4 Å². The van der Waals surface area contributed by atoms with Crippen molar-refractivity contribution in [1.29, 1.82) is 0 Å². The number of amides is 1. The molecule has 0 unspecified atom stereocenters. The Labute approximate surface area is 171 Å². The van der Waals surface area contributed by atoms with Gasteiger partial charge in [-0.25, -0.2) is 4.79 Å². The van der Waals surface area contributed by atoms with Gasteiger partial charge in [0, 0.05) is 26.2 Å². The molecule has 154 valence electrons. The van der Waals surface area contributed by atoms with Crippen LogP contribution in [0.2, 0.25) is 0 Å². The van der Waals surface area contributed by atoms with Crippen molar-refractivity contribution in [2.24, 2.45) is 0 Å². The fourth-order valence-corrected chi connectivity index (χ4v) is 4.22. The molecule has 6 nitrogen and oxygen atoms in total. The van der Waals surface area contributed by atoms with E-state index >= 15 is 0 Å². The number of hydrogen-bond donors (Lipinski definition) is 1. The van der Waals surface area contributed by atoms with Gasteiger partial charge in [-0.15, -0.1) is 0 Å². The minimum Gasteiger partial charge on any atom is -0.508 e. The molecule has 2 fully saturated rings. The van der Waals surface area contributed by atoms with Crippen molar-refractivity contribution in [2.45, 2.75) is 31.5 Å². The Morgan fingerprint density at radius 3 is 2.45 bits per heavy atom. The van der Waals surface area contributed by atoms with Crippen LogP contribution in [0.1, 0.15) is 24.0 Å². The van der Waals surface area contributed by atoms with Crippen LogP contribution in [0.15, 0.2) is 54.6 Å². The summed E-state index contributed by atoms with van der Waals surface area (Å²) in [6.45, 7) is 4.63. The third kappa shape index (κ3) is 4.71. The second-order valence-electron chi connectivity index (χ2n) is 7.91. The molecule has 1 N–H and O–H groups in total. The zero-order chi connectivity index (χ0) is 20.1. The fraction of sp³-hybridized carbons (Fsp3) is 0.435. The number of ether oxygens (including phenoxy) is 2. The van der Waals surface area contributed by atoms with Gasteiger partial charge in [0.15, 0.2) is 0 Å². The maximum atomic E-state index is 12.9. The van der Waals surface area contributed by atoms with Crippen molar-refractivity contribution in [3.8, 4) is 5.75 Å². The first-order chi connectivity index (χ1) is 14.1. The summed E-state index contributed by atoms with van der Waals surface area (Å²) in [5.41, 5.74) is 1.89. The van der Waals surface area contributed by atoms with E-state index in [1.165, 1.54) is 5.56 Å². The maximum Gasteiger partial charge on any atom is 0.410 e. The highest BCUT2D eigenvalue weighted by atomic mass is 16.6. The van der Waals surface area contributed by atoms with E-state index in [9.17, 15) is 9.90 Å². The van der Waals surface area contributed by atoms with Crippen molar-refractivity contribution >= 4 is 6.09 Å². The van der Waals surface area contributed by atoms with Gasteiger partial charge in [0.25, 0.3) is 0 Å². The summed E-state index contributed by atoms with van der Waals surface area (Å²) < 4.78 is 11.4. The summed E-state index contributed by atoms with van der Waals surface area (Å²) in [6, 6.07) is 17.1. The van der Waals surface area contributed by atoms with Crippen molar-refractivity contribution in [3.05, 3.63) is 65.7 Å². The van der Waals surface area contributed by atoms with Crippen LogP contribution in [0.5, 0.6) is 5.75 Å². The Bertz CT molecular complexity index is 801. The number of aromatic hydroxyl groups is 1. The summed E-state index contributed by atoms with van der Waals surface area (Å²) in [5, 5.41) is 9.45. The number of phenols is 1. The number of phenolic OH excluding ortho intramolecular Hbond substituents is 1. The lowest BCUT2D eigenvalue weighted by Gasteiger charge is -2.50. The molecule has 6 heteroatoms. The Morgan fingerprint density at radius 1 is 1.00 bits per heavy atom. The first kappa shape index (κ1) is 19.7. The molecule has 29 heavy (non-hydrogen) atoms. The van der Waals surface area contributed by atoms with Gasteiger partial charge in [0.05, 0.1) is 18.8 Å². The van der Waals surface area contributed by atoms with Crippen LogP contribution in [0, 0.1) is 0 Å². The Hall–Kier alpha value is -2.57. The molecule has 2 aromatic carbocycles. The molecule has 0 atom stereocenters. The van der Waals surface area contributed by atoms with Crippen LogP contribution in [0.25, 0.3) is 0 Å². The van der Waals surface area contributed by atoms with Gasteiger partial charge >= 0.3 is 6.09 Å². The quantitative estimate of drug-likeness (QED) is 0.858. The zero-order valence-electron chi connectivity index (χ0n) is 16.6. The van der Waals surface area contributed by atoms with E-state index in [1.54, 1.807) is 12.1 Å². The largest absolute Gasteiger partial charge is 0.508 e. The van der Waals surface area contributed by atoms with E-state index in [-0.39, 0.29) is 17.4 Å². The van der Waals surface area contributed by atoms with Gasteiger partial charge in [-0.2, -0.15) is 0 Å². The first-order valence-electron chi connectivity index (χ1n) is 10.2. The SMILES string of the molecule is O=C(OCc1ccccc1)N1CCOCC12CCN(Cc1ccc(O)cc1)CC2. The van der Waals surface area contributed by atoms with E-state index in [0.717, 1.165) is 38.0 Å². The second kappa shape index (κ2) is 8.84. The smallest absolute Gasteiger partial charge is 0.410 e. The molecule has 2 saturated heterocycles. The van der Waals surface area contributed by atoms with Crippen LogP contribution < -0.4 is 0 Å². The van der Waals surface area contributed by atoms with Crippen LogP contribution in [-0.2, 0) is 22.6 Å². The topological polar surface area (TPSA) is 62.2 Å². The normalized spacial score (nSPS) is 19.2. The van der Waals surface area contributed by atoms with Crippen LogP contribution in [-0.4, -0.2) is 59.4 Å². The highest BCUT2D eigenvalue weighted by molar-refractivity contribution is 5.69. The number of morpholine rings is 1. The lowest BCUT2D eigenvalue weighted by atomic mass is 9.85. The molecular formula is C23H28N2O4. The molecule has 0 radical (unpaired) electrons. The van der Waals surface area contributed by atoms with E-state index < -0.39 is 0 Å². The Balaban J connectivity index is 1.35. The number of likely N-dealkylation sites (tertiary alicyclic amines) is 1. The third-order valence-corrected chi connectivity index (χ3v) is 5.96. The summed E-state index contributed by atoms with van der Waals surface area (Å²) in [6.07, 6.45) is 1.49. The fourth-order valence-electron chi connectivity index (χ4n) is 4.22. The van der Waals surface area contributed by atoms with Crippen molar-refractivity contribution in [1.82, 2.24) is 9.80 Å². The van der Waals surface area contributed by atoms with Gasteiger partial charge in [0.2, 0.25) is 0 Å². The number of carbonyl (C=O) groups is 1. The Morgan fingerprint density at radius 2 is 1.72 bits per heavy atom. The number of rotatable bonds is 4. The Kier molecular flexibility index (Phi) is 6.02. The molecule has 0 aromatic heterocycles. The van der Waals surface area contributed by atoms with Crippen LogP contribution in [0.3, 0.4) is 0 Å². The minimum atomic E-state index is -0.280. The van der Waals surface area contributed by atoms with Gasteiger partial charge in [-0.3, -0.25) is 9.80 Å². The van der Waals surface area contributed by atoms with Gasteiger partial charge < -0.3 is 14.6 Å². The average Bonchev–Trinajstić information content (AvgIpc) is 2.76. The molecule has 2 heterocycles. The van der Waals surface area contributed by atoms with E-state index in [4.69, 9.17) is 9.47 Å². The maximum absolute atomic E-state index is 12.9. The lowest BCUT2D eigenvalue weighted by Crippen LogP contribution is -2.63. The minimum absolute atomic E-state index is 0.246. The van der Waals surface area contributed by atoms with Crippen LogP contribution >= 0.6 is 0 Å². The predicted octanol–water partition coefficient (Wildman–Crippen LogP) is 3.40. The summed E-state index contributed by atoms with van der Waals surface area (Å²) in [5.74, 6) is 0.287. The first-order valence-corrected chi connectivity index (χ1v) is 10.2. The molecule has 2 aliphatic heterocycles. The molecule has 1 spiro atoms.